The highest BCUT2D eigenvalue weighted by Crippen LogP contribution is 2.40. The van der Waals surface area contributed by atoms with Crippen LogP contribution in [0, 0.1) is 5.82 Å². The van der Waals surface area contributed by atoms with Crippen LogP contribution >= 0.6 is 0 Å². The van der Waals surface area contributed by atoms with Crippen LogP contribution in [0.2, 0.25) is 0 Å². The van der Waals surface area contributed by atoms with Gasteiger partial charge in [-0.1, -0.05) is 6.92 Å². The van der Waals surface area contributed by atoms with E-state index in [9.17, 15) is 4.39 Å². The molecule has 3 nitrogen and oxygen atoms in total. The fourth-order valence-corrected chi connectivity index (χ4v) is 2.57. The third-order valence-corrected chi connectivity index (χ3v) is 3.35. The van der Waals surface area contributed by atoms with E-state index in [2.05, 4.69) is 17.2 Å². The average Bonchev–Trinajstić information content (AvgIpc) is 2.93. The van der Waals surface area contributed by atoms with Gasteiger partial charge in [-0.25, -0.2) is 4.39 Å². The normalized spacial score (nSPS) is 26.1. The first-order valence-electron chi connectivity index (χ1n) is 6.04. The van der Waals surface area contributed by atoms with Crippen LogP contribution in [-0.4, -0.2) is 25.0 Å². The maximum Gasteiger partial charge on any atom is 0.124 e. The fourth-order valence-electron chi connectivity index (χ4n) is 2.57. The third kappa shape index (κ3) is 1.68. The highest BCUT2D eigenvalue weighted by atomic mass is 19.1. The summed E-state index contributed by atoms with van der Waals surface area (Å²) in [6.45, 7) is 3.75. The average molecular weight is 234 g/mol. The Morgan fingerprint density at radius 1 is 1.53 bits per heavy atom. The largest absolute Gasteiger partial charge is 0.489 e. The van der Waals surface area contributed by atoms with Gasteiger partial charge in [0.05, 0.1) is 12.5 Å². The molecule has 2 unspecified atom stereocenters. The molecule has 1 aromatic rings. The number of hydrogen-bond donors (Lipinski definition) is 1. The molecule has 0 aliphatic carbocycles. The molecular formula is C13H15FN2O. The summed E-state index contributed by atoms with van der Waals surface area (Å²) in [5, 5.41) is 3.27. The molecule has 2 atom stereocenters. The van der Waals surface area contributed by atoms with Crippen molar-refractivity contribution in [1.29, 1.82) is 0 Å². The van der Waals surface area contributed by atoms with Gasteiger partial charge in [-0.15, -0.1) is 0 Å². The van der Waals surface area contributed by atoms with Gasteiger partial charge in [0.1, 0.15) is 23.5 Å². The second-order valence-corrected chi connectivity index (χ2v) is 4.42. The molecule has 1 aromatic carbocycles. The molecule has 0 aromatic heterocycles. The first-order valence-corrected chi connectivity index (χ1v) is 6.04. The van der Waals surface area contributed by atoms with Crippen LogP contribution in [0.5, 0.6) is 5.75 Å². The number of nitrogens with one attached hydrogen (secondary N) is 1. The van der Waals surface area contributed by atoms with E-state index >= 15 is 0 Å². The Kier molecular flexibility index (Phi) is 2.50. The van der Waals surface area contributed by atoms with Crippen LogP contribution < -0.4 is 10.1 Å². The summed E-state index contributed by atoms with van der Waals surface area (Å²) in [7, 11) is 0. The number of rotatable bonds is 2. The van der Waals surface area contributed by atoms with Gasteiger partial charge < -0.3 is 10.1 Å². The van der Waals surface area contributed by atoms with E-state index in [1.807, 2.05) is 0 Å². The second-order valence-electron chi connectivity index (χ2n) is 4.42. The topological polar surface area (TPSA) is 33.6 Å². The molecule has 2 heterocycles. The summed E-state index contributed by atoms with van der Waals surface area (Å²) in [5.74, 6) is 1.58. The summed E-state index contributed by atoms with van der Waals surface area (Å²) in [6, 6.07) is 4.72. The number of nitrogens with zero attached hydrogens (tertiary/aromatic N) is 1. The van der Waals surface area contributed by atoms with Crippen molar-refractivity contribution in [2.24, 2.45) is 4.99 Å². The van der Waals surface area contributed by atoms with Crippen LogP contribution in [0.4, 0.5) is 4.39 Å². The van der Waals surface area contributed by atoms with Crippen molar-refractivity contribution < 1.29 is 9.13 Å². The third-order valence-electron chi connectivity index (χ3n) is 3.35. The minimum atomic E-state index is -0.215. The van der Waals surface area contributed by atoms with Crippen molar-refractivity contribution >= 4 is 5.84 Å². The maximum absolute atomic E-state index is 13.3. The Morgan fingerprint density at radius 3 is 3.12 bits per heavy atom. The summed E-state index contributed by atoms with van der Waals surface area (Å²) in [6.07, 6.45) is 0.956. The van der Waals surface area contributed by atoms with Crippen LogP contribution in [0.15, 0.2) is 23.2 Å². The van der Waals surface area contributed by atoms with Gasteiger partial charge in [-0.3, -0.25) is 4.99 Å². The standard InChI is InChI=1S/C13H15FN2O/c1-2-10-12(13-15-5-6-16-13)9-7-8(14)3-4-11(9)17-10/h3-4,7,10,12H,2,5-6H2,1H3,(H,15,16). The van der Waals surface area contributed by atoms with Crippen molar-refractivity contribution in [3.8, 4) is 5.75 Å². The van der Waals surface area contributed by atoms with Crippen LogP contribution in [0.1, 0.15) is 24.8 Å². The maximum atomic E-state index is 13.3. The van der Waals surface area contributed by atoms with Gasteiger partial charge in [-0.2, -0.15) is 0 Å². The number of benzene rings is 1. The molecule has 17 heavy (non-hydrogen) atoms. The first-order chi connectivity index (χ1) is 8.29. The Bertz CT molecular complexity index is 472. The van der Waals surface area contributed by atoms with E-state index in [-0.39, 0.29) is 17.8 Å². The molecular weight excluding hydrogens is 219 g/mol. The molecule has 1 N–H and O–H groups in total. The zero-order valence-electron chi connectivity index (χ0n) is 9.74. The minimum Gasteiger partial charge on any atom is -0.489 e. The molecule has 4 heteroatoms. The summed E-state index contributed by atoms with van der Waals surface area (Å²) >= 11 is 0. The van der Waals surface area contributed by atoms with Gasteiger partial charge in [0.2, 0.25) is 0 Å². The predicted octanol–water partition coefficient (Wildman–Crippen LogP) is 2.08. The summed E-state index contributed by atoms with van der Waals surface area (Å²) in [5.41, 5.74) is 0.921. The van der Waals surface area contributed by atoms with E-state index in [1.54, 1.807) is 12.1 Å². The molecule has 0 saturated carbocycles. The van der Waals surface area contributed by atoms with E-state index in [0.29, 0.717) is 0 Å². The Hall–Kier alpha value is -1.58. The molecule has 2 aliphatic heterocycles. The molecule has 0 saturated heterocycles. The lowest BCUT2D eigenvalue weighted by Crippen LogP contribution is -2.32. The van der Waals surface area contributed by atoms with Crippen molar-refractivity contribution in [2.75, 3.05) is 13.1 Å². The molecule has 90 valence electrons. The number of hydrogen-bond acceptors (Lipinski definition) is 3. The van der Waals surface area contributed by atoms with Crippen molar-refractivity contribution in [2.45, 2.75) is 25.4 Å². The number of amidine groups is 1. The van der Waals surface area contributed by atoms with Crippen molar-refractivity contribution in [3.05, 3.63) is 29.6 Å². The van der Waals surface area contributed by atoms with Crippen LogP contribution in [-0.2, 0) is 0 Å². The molecule has 0 amide bonds. The number of aliphatic imine (C=N–C) groups is 1. The summed E-state index contributed by atoms with van der Waals surface area (Å²) in [4.78, 5) is 4.45. The van der Waals surface area contributed by atoms with Crippen molar-refractivity contribution in [3.63, 3.8) is 0 Å². The molecule has 0 radical (unpaired) electrons. The minimum absolute atomic E-state index is 0.0631. The van der Waals surface area contributed by atoms with Gasteiger partial charge >= 0.3 is 0 Å². The SMILES string of the molecule is CCC1Oc2ccc(F)cc2C1C1=NCCN1. The smallest absolute Gasteiger partial charge is 0.124 e. The van der Waals surface area contributed by atoms with Crippen LogP contribution in [0.3, 0.4) is 0 Å². The zero-order valence-corrected chi connectivity index (χ0v) is 9.74. The lowest BCUT2D eigenvalue weighted by molar-refractivity contribution is 0.219. The predicted molar refractivity (Wildman–Crippen MR) is 64.2 cm³/mol. The van der Waals surface area contributed by atoms with E-state index < -0.39 is 0 Å². The highest BCUT2D eigenvalue weighted by Gasteiger charge is 2.37. The fraction of sp³-hybridized carbons (Fsp3) is 0.462. The first kappa shape index (κ1) is 10.6. The lowest BCUT2D eigenvalue weighted by Gasteiger charge is -2.17. The zero-order chi connectivity index (χ0) is 11.8. The lowest BCUT2D eigenvalue weighted by atomic mass is 9.92. The van der Waals surface area contributed by atoms with Gasteiger partial charge in [0, 0.05) is 12.1 Å². The molecule has 0 bridgehead atoms. The van der Waals surface area contributed by atoms with Gasteiger partial charge in [0.25, 0.3) is 0 Å². The quantitative estimate of drug-likeness (QED) is 0.850. The van der Waals surface area contributed by atoms with E-state index in [4.69, 9.17) is 4.74 Å². The Labute approximate surface area is 99.7 Å². The van der Waals surface area contributed by atoms with Gasteiger partial charge in [0.15, 0.2) is 0 Å². The van der Waals surface area contributed by atoms with Crippen molar-refractivity contribution in [1.82, 2.24) is 5.32 Å². The molecule has 3 rings (SSSR count). The molecule has 0 spiro atoms. The molecule has 0 fully saturated rings. The summed E-state index contributed by atoms with van der Waals surface area (Å²) < 4.78 is 19.2. The Morgan fingerprint density at radius 2 is 2.41 bits per heavy atom. The van der Waals surface area contributed by atoms with Crippen LogP contribution in [0.25, 0.3) is 0 Å². The van der Waals surface area contributed by atoms with E-state index in [0.717, 1.165) is 36.7 Å². The van der Waals surface area contributed by atoms with E-state index in [1.165, 1.54) is 6.07 Å². The Balaban J connectivity index is 2.03. The highest BCUT2D eigenvalue weighted by molar-refractivity contribution is 5.92. The number of ether oxygens (including phenoxy) is 1. The van der Waals surface area contributed by atoms with Gasteiger partial charge in [-0.05, 0) is 24.6 Å². The monoisotopic (exact) mass is 234 g/mol. The number of halogens is 1. The molecule has 2 aliphatic rings. The second kappa shape index (κ2) is 4.02. The number of fused-ring (bicyclic) bond motifs is 1.